The summed E-state index contributed by atoms with van der Waals surface area (Å²) in [7, 11) is 0. The fourth-order valence-electron chi connectivity index (χ4n) is 7.22. The number of alkyl halides is 1. The van der Waals surface area contributed by atoms with Gasteiger partial charge in [0.05, 0.1) is 41.4 Å². The molecule has 3 aliphatic heterocycles. The average Bonchev–Trinajstić information content (AvgIpc) is 3.56. The highest BCUT2D eigenvalue weighted by Crippen LogP contribution is 2.44. The lowest BCUT2D eigenvalue weighted by Crippen LogP contribution is -2.48. The van der Waals surface area contributed by atoms with Gasteiger partial charge in [-0.2, -0.15) is 0 Å². The maximum Gasteiger partial charge on any atom is 0.355 e. The van der Waals surface area contributed by atoms with Crippen molar-refractivity contribution in [2.45, 2.75) is 88.4 Å². The number of benzene rings is 1. The number of phenols is 1. The average molecular weight is 742 g/mol. The third-order valence-corrected chi connectivity index (χ3v) is 12.3. The second kappa shape index (κ2) is 11.8. The third kappa shape index (κ3) is 4.82. The first-order valence-corrected chi connectivity index (χ1v) is 16.8. The molecule has 1 saturated heterocycles. The number of pyridine rings is 2. The molecule has 2 atom stereocenters. The van der Waals surface area contributed by atoms with Crippen molar-refractivity contribution in [3.63, 3.8) is 0 Å². The summed E-state index contributed by atoms with van der Waals surface area (Å²) >= 11 is 2.27. The molecule has 242 valence electrons. The Kier molecular flexibility index (Phi) is 8.22. The molecule has 3 aromatic rings. The lowest BCUT2D eigenvalue weighted by atomic mass is 9.85. The van der Waals surface area contributed by atoms with Crippen LogP contribution in [0.3, 0.4) is 0 Å². The largest absolute Gasteiger partial charge is 0.508 e. The number of rotatable bonds is 9. The number of fused-ring (bicyclic) bond motifs is 5. The molecule has 11 nitrogen and oxygen atoms in total. The lowest BCUT2D eigenvalue weighted by Gasteiger charge is -2.35. The molecule has 0 aliphatic carbocycles. The topological polar surface area (TPSA) is 145 Å². The maximum absolute atomic E-state index is 13.9. The molecule has 2 aromatic heterocycles. The van der Waals surface area contributed by atoms with Crippen LogP contribution in [-0.4, -0.2) is 53.3 Å². The van der Waals surface area contributed by atoms with Crippen LogP contribution in [0.5, 0.6) is 5.75 Å². The number of ether oxygens (including phenoxy) is 2. The van der Waals surface area contributed by atoms with E-state index in [0.29, 0.717) is 23.3 Å². The molecule has 3 aliphatic rings. The number of amides is 2. The van der Waals surface area contributed by atoms with Crippen LogP contribution in [0.15, 0.2) is 29.1 Å². The van der Waals surface area contributed by atoms with Gasteiger partial charge < -0.3 is 19.1 Å². The Balaban J connectivity index is 1.33. The first-order chi connectivity index (χ1) is 21.9. The highest BCUT2D eigenvalue weighted by molar-refractivity contribution is 14.1. The molecule has 46 heavy (non-hydrogen) atoms. The quantitative estimate of drug-likeness (QED) is 0.112. The molecule has 5 heterocycles. The monoisotopic (exact) mass is 741 g/mol. The van der Waals surface area contributed by atoms with Crippen molar-refractivity contribution in [1.82, 2.24) is 14.5 Å². The number of carbonyl (C=O) groups is 4. The van der Waals surface area contributed by atoms with Gasteiger partial charge >= 0.3 is 11.9 Å². The summed E-state index contributed by atoms with van der Waals surface area (Å²) in [6.07, 6.45) is 1.88. The predicted octanol–water partition coefficient (Wildman–Crippen LogP) is 4.66. The van der Waals surface area contributed by atoms with Gasteiger partial charge in [0.1, 0.15) is 12.4 Å². The molecule has 1 N–H and O–H groups in total. The number of imide groups is 1. The Morgan fingerprint density at radius 3 is 2.54 bits per heavy atom. The van der Waals surface area contributed by atoms with Crippen LogP contribution in [-0.2, 0) is 53.8 Å². The standard InChI is InChI=1S/C34H36IN3O8/c1-5-19-20-13-18(39)9-10-25(20)36-29-21(19)16-38-26(29)14-23-22(30(38)42)17-45-32(44)34(23,8-4)46-28(41)11-12-37-27(40)15-24(31(37)43)33(35,6-2)7-3/h9-10,13-14,24,39H,5-8,11-12,15-17H2,1-4H3/t24?,34-/m0/s1. The number of halogens is 1. The van der Waals surface area contributed by atoms with E-state index in [4.69, 9.17) is 14.5 Å². The van der Waals surface area contributed by atoms with E-state index in [1.165, 1.54) is 0 Å². The zero-order chi connectivity index (χ0) is 33.1. The van der Waals surface area contributed by atoms with Gasteiger partial charge in [-0.25, -0.2) is 9.78 Å². The molecular formula is C34H36IN3O8. The van der Waals surface area contributed by atoms with Gasteiger partial charge in [-0.3, -0.25) is 24.1 Å². The number of carbonyl (C=O) groups excluding carboxylic acids is 4. The molecule has 1 aromatic carbocycles. The van der Waals surface area contributed by atoms with Gasteiger partial charge in [-0.15, -0.1) is 0 Å². The van der Waals surface area contributed by atoms with Crippen molar-refractivity contribution in [3.05, 3.63) is 56.9 Å². The molecule has 0 saturated carbocycles. The number of hydrogen-bond donors (Lipinski definition) is 1. The molecule has 2 amide bonds. The molecule has 12 heteroatoms. The fourth-order valence-corrected chi connectivity index (χ4v) is 7.71. The minimum absolute atomic E-state index is 0.00103. The number of aromatic nitrogens is 2. The Bertz CT molecular complexity index is 1880. The third-order valence-electron chi connectivity index (χ3n) is 9.98. The highest BCUT2D eigenvalue weighted by atomic mass is 127. The summed E-state index contributed by atoms with van der Waals surface area (Å²) in [5, 5.41) is 10.9. The van der Waals surface area contributed by atoms with Crippen molar-refractivity contribution >= 4 is 57.2 Å². The zero-order valence-corrected chi connectivity index (χ0v) is 28.4. The molecule has 6 rings (SSSR count). The summed E-state index contributed by atoms with van der Waals surface area (Å²) in [5.41, 5.74) is 1.78. The number of likely N-dealkylation sites (tertiary alicyclic amines) is 1. The maximum atomic E-state index is 13.9. The second-order valence-electron chi connectivity index (χ2n) is 12.1. The number of phenolic OH excluding ortho intramolecular Hbond substituents is 1. The number of cyclic esters (lactones) is 1. The molecular weight excluding hydrogens is 705 g/mol. The van der Waals surface area contributed by atoms with E-state index in [0.717, 1.165) is 34.3 Å². The van der Waals surface area contributed by atoms with Gasteiger partial charge in [0.15, 0.2) is 0 Å². The number of nitrogens with zero attached hydrogens (tertiary/aromatic N) is 3. The first kappa shape index (κ1) is 32.1. The summed E-state index contributed by atoms with van der Waals surface area (Å²) in [5.74, 6) is -2.55. The van der Waals surface area contributed by atoms with Crippen LogP contribution in [0.1, 0.15) is 82.1 Å². The van der Waals surface area contributed by atoms with Crippen molar-refractivity contribution in [1.29, 1.82) is 0 Å². The van der Waals surface area contributed by atoms with Crippen molar-refractivity contribution < 1.29 is 33.8 Å². The SMILES string of the molecule is CCc1c2c(nc3ccc(O)cc13)-c1cc3c(c(=O)n1C2)COC(=O)[C@@]3(CC)OC(=O)CCN1C(=O)CC(C(I)(CC)CC)C1=O. The molecule has 0 spiro atoms. The lowest BCUT2D eigenvalue weighted by molar-refractivity contribution is -0.189. The minimum Gasteiger partial charge on any atom is -0.508 e. The van der Waals surface area contributed by atoms with Gasteiger partial charge in [0.25, 0.3) is 5.56 Å². The van der Waals surface area contributed by atoms with Gasteiger partial charge in [-0.05, 0) is 55.5 Å². The van der Waals surface area contributed by atoms with E-state index in [1.807, 2.05) is 20.8 Å². The van der Waals surface area contributed by atoms with Crippen LogP contribution < -0.4 is 5.56 Å². The van der Waals surface area contributed by atoms with Gasteiger partial charge in [0.2, 0.25) is 17.4 Å². The van der Waals surface area contributed by atoms with Crippen LogP contribution in [0.4, 0.5) is 0 Å². The van der Waals surface area contributed by atoms with E-state index in [2.05, 4.69) is 22.6 Å². The predicted molar refractivity (Wildman–Crippen MR) is 176 cm³/mol. The Labute approximate surface area is 279 Å². The van der Waals surface area contributed by atoms with E-state index in [9.17, 15) is 29.1 Å². The molecule has 1 unspecified atom stereocenters. The van der Waals surface area contributed by atoms with Crippen LogP contribution in [0.25, 0.3) is 22.3 Å². The number of aromatic hydroxyl groups is 1. The smallest absolute Gasteiger partial charge is 0.355 e. The fraction of sp³-hybridized carbons (Fsp3) is 0.471. The molecule has 0 radical (unpaired) electrons. The Hall–Kier alpha value is -3.81. The van der Waals surface area contributed by atoms with Gasteiger partial charge in [-0.1, -0.05) is 50.3 Å². The summed E-state index contributed by atoms with van der Waals surface area (Å²) in [6, 6.07) is 6.65. The summed E-state index contributed by atoms with van der Waals surface area (Å²) in [4.78, 5) is 72.7. The van der Waals surface area contributed by atoms with Gasteiger partial charge in [0, 0.05) is 32.9 Å². The van der Waals surface area contributed by atoms with E-state index in [-0.39, 0.29) is 76.6 Å². The number of aryl methyl sites for hydroxylation is 1. The van der Waals surface area contributed by atoms with Crippen molar-refractivity contribution in [3.8, 4) is 17.1 Å². The summed E-state index contributed by atoms with van der Waals surface area (Å²) in [6.45, 7) is 7.48. The van der Waals surface area contributed by atoms with Crippen molar-refractivity contribution in [2.75, 3.05) is 6.54 Å². The van der Waals surface area contributed by atoms with E-state index >= 15 is 0 Å². The van der Waals surface area contributed by atoms with Crippen molar-refractivity contribution in [2.24, 2.45) is 5.92 Å². The second-order valence-corrected chi connectivity index (χ2v) is 14.3. The van der Waals surface area contributed by atoms with E-state index in [1.54, 1.807) is 35.8 Å². The minimum atomic E-state index is -1.89. The number of esters is 2. The Morgan fingerprint density at radius 2 is 1.87 bits per heavy atom. The highest BCUT2D eigenvalue weighted by Gasteiger charge is 2.51. The van der Waals surface area contributed by atoms with Crippen LogP contribution >= 0.6 is 22.6 Å². The van der Waals surface area contributed by atoms with Crippen LogP contribution in [0, 0.1) is 5.92 Å². The Morgan fingerprint density at radius 1 is 1.13 bits per heavy atom. The van der Waals surface area contributed by atoms with E-state index < -0.39 is 23.5 Å². The first-order valence-electron chi connectivity index (χ1n) is 15.8. The number of hydrogen-bond acceptors (Lipinski definition) is 9. The zero-order valence-electron chi connectivity index (χ0n) is 26.3. The van der Waals surface area contributed by atoms with Crippen LogP contribution in [0.2, 0.25) is 0 Å². The molecule has 1 fully saturated rings. The molecule has 0 bridgehead atoms. The normalized spacial score (nSPS) is 20.5. The summed E-state index contributed by atoms with van der Waals surface area (Å²) < 4.78 is 12.6.